The van der Waals surface area contributed by atoms with Crippen LogP contribution in [0.1, 0.15) is 50.9 Å². The van der Waals surface area contributed by atoms with Gasteiger partial charge >= 0.3 is 0 Å². The van der Waals surface area contributed by atoms with Crippen molar-refractivity contribution in [3.8, 4) is 17.4 Å². The second kappa shape index (κ2) is 9.75. The Morgan fingerprint density at radius 2 is 1.67 bits per heavy atom. The van der Waals surface area contributed by atoms with Crippen LogP contribution in [-0.2, 0) is 14.8 Å². The molecule has 36 heavy (non-hydrogen) atoms. The number of nitrogens with zero attached hydrogens (tertiary/aromatic N) is 7. The quantitative estimate of drug-likeness (QED) is 0.404. The Bertz CT molecular complexity index is 1330. The van der Waals surface area contributed by atoms with Gasteiger partial charge in [0.1, 0.15) is 23.5 Å². The topological polar surface area (TPSA) is 156 Å². The minimum atomic E-state index is -4.11. The fourth-order valence-corrected chi connectivity index (χ4v) is 5.14. The van der Waals surface area contributed by atoms with Crippen LogP contribution >= 0.6 is 11.6 Å². The standard InChI is InChI=1S/C21H27ClN8O5S/c1-11(15(33-4)16-23-8-12(22)9-24-16)36(31,32)29-20-28-27-17(13-7-21(13,2)3)30(20)14-18(34-5)25-10-26-19(14)35-6/h8-11,13,15H,7H2,1-6H3,(H,28,29)/t11-,13-,15-/m0/s1. The molecule has 1 aliphatic carbocycles. The number of methoxy groups -OCH3 is 3. The molecule has 0 radical (unpaired) electrons. The summed E-state index contributed by atoms with van der Waals surface area (Å²) in [6, 6.07) is 0. The Hall–Kier alpha value is -3.10. The van der Waals surface area contributed by atoms with Crippen LogP contribution in [0.3, 0.4) is 0 Å². The van der Waals surface area contributed by atoms with Gasteiger partial charge < -0.3 is 14.2 Å². The van der Waals surface area contributed by atoms with E-state index in [9.17, 15) is 8.42 Å². The fourth-order valence-electron chi connectivity index (χ4n) is 3.91. The third-order valence-electron chi connectivity index (χ3n) is 6.18. The highest BCUT2D eigenvalue weighted by atomic mass is 35.5. The molecule has 0 aromatic carbocycles. The summed E-state index contributed by atoms with van der Waals surface area (Å²) in [6.45, 7) is 5.66. The molecular formula is C21H27ClN8O5S. The molecule has 3 heterocycles. The molecule has 0 amide bonds. The molecule has 0 saturated heterocycles. The molecule has 194 valence electrons. The summed E-state index contributed by atoms with van der Waals surface area (Å²) in [5.41, 5.74) is 0.233. The maximum Gasteiger partial charge on any atom is 0.245 e. The molecule has 3 atom stereocenters. The Balaban J connectivity index is 1.78. The zero-order valence-corrected chi connectivity index (χ0v) is 22.2. The first-order chi connectivity index (χ1) is 17.0. The second-order valence-electron chi connectivity index (χ2n) is 8.97. The summed E-state index contributed by atoms with van der Waals surface area (Å²) >= 11 is 5.87. The van der Waals surface area contributed by atoms with Crippen LogP contribution in [-0.4, -0.2) is 69.7 Å². The lowest BCUT2D eigenvalue weighted by molar-refractivity contribution is 0.0950. The first kappa shape index (κ1) is 26.0. The third-order valence-corrected chi connectivity index (χ3v) is 8.07. The highest BCUT2D eigenvalue weighted by Crippen LogP contribution is 2.58. The number of hydrogen-bond acceptors (Lipinski definition) is 11. The normalized spacial score (nSPS) is 18.4. The van der Waals surface area contributed by atoms with Crippen LogP contribution in [0.5, 0.6) is 11.8 Å². The van der Waals surface area contributed by atoms with E-state index in [-0.39, 0.29) is 40.6 Å². The average Bonchev–Trinajstić information content (AvgIpc) is 3.30. The minimum absolute atomic E-state index is 0.0180. The van der Waals surface area contributed by atoms with Gasteiger partial charge in [0.15, 0.2) is 11.5 Å². The highest BCUT2D eigenvalue weighted by Gasteiger charge is 2.50. The van der Waals surface area contributed by atoms with Gasteiger partial charge in [-0.1, -0.05) is 25.4 Å². The first-order valence-electron chi connectivity index (χ1n) is 10.9. The fraction of sp³-hybridized carbons (Fsp3) is 0.524. The highest BCUT2D eigenvalue weighted by molar-refractivity contribution is 7.93. The molecule has 0 bridgehead atoms. The van der Waals surface area contributed by atoms with Gasteiger partial charge in [0.05, 0.1) is 19.2 Å². The molecular weight excluding hydrogens is 512 g/mol. The van der Waals surface area contributed by atoms with E-state index in [2.05, 4.69) is 48.7 Å². The Kier molecular flexibility index (Phi) is 7.03. The molecule has 1 saturated carbocycles. The summed E-state index contributed by atoms with van der Waals surface area (Å²) in [4.78, 5) is 16.6. The molecule has 0 aliphatic heterocycles. The van der Waals surface area contributed by atoms with Crippen molar-refractivity contribution in [2.45, 2.75) is 44.5 Å². The van der Waals surface area contributed by atoms with Gasteiger partial charge in [-0.15, -0.1) is 10.2 Å². The van der Waals surface area contributed by atoms with Crippen molar-refractivity contribution in [3.63, 3.8) is 0 Å². The van der Waals surface area contributed by atoms with Crippen molar-refractivity contribution in [2.75, 3.05) is 26.1 Å². The molecule has 0 spiro atoms. The van der Waals surface area contributed by atoms with Crippen LogP contribution in [0.25, 0.3) is 5.69 Å². The molecule has 1 fully saturated rings. The summed E-state index contributed by atoms with van der Waals surface area (Å²) < 4.78 is 47.4. The minimum Gasteiger partial charge on any atom is -0.479 e. The summed E-state index contributed by atoms with van der Waals surface area (Å²) in [5, 5.41) is 7.70. The molecule has 13 nitrogen and oxygen atoms in total. The van der Waals surface area contributed by atoms with Crippen molar-refractivity contribution >= 4 is 27.6 Å². The van der Waals surface area contributed by atoms with E-state index in [1.807, 2.05) is 0 Å². The number of halogens is 1. The molecule has 3 aromatic heterocycles. The average molecular weight is 539 g/mol. The van der Waals surface area contributed by atoms with Crippen LogP contribution in [0.2, 0.25) is 5.02 Å². The van der Waals surface area contributed by atoms with Crippen molar-refractivity contribution in [1.29, 1.82) is 0 Å². The number of ether oxygens (including phenoxy) is 3. The number of sulfonamides is 1. The number of rotatable bonds is 10. The van der Waals surface area contributed by atoms with Gasteiger partial charge in [0, 0.05) is 25.4 Å². The first-order valence-corrected chi connectivity index (χ1v) is 12.9. The summed E-state index contributed by atoms with van der Waals surface area (Å²) in [6.07, 6.45) is 3.88. The van der Waals surface area contributed by atoms with E-state index in [0.717, 1.165) is 6.42 Å². The monoisotopic (exact) mass is 538 g/mol. The maximum atomic E-state index is 13.5. The molecule has 3 aromatic rings. The van der Waals surface area contributed by atoms with E-state index < -0.39 is 21.4 Å². The van der Waals surface area contributed by atoms with E-state index in [4.69, 9.17) is 25.8 Å². The molecule has 4 rings (SSSR count). The Labute approximate surface area is 213 Å². The predicted molar refractivity (Wildman–Crippen MR) is 130 cm³/mol. The van der Waals surface area contributed by atoms with Crippen molar-refractivity contribution < 1.29 is 22.6 Å². The van der Waals surface area contributed by atoms with Gasteiger partial charge in [0.25, 0.3) is 0 Å². The molecule has 1 N–H and O–H groups in total. The SMILES string of the molecule is COc1ncnc(OC)c1-n1c(NS(=O)(=O)[C@@H](C)[C@H](OC)c2ncc(Cl)cn2)nnc1[C@@H]1CC1(C)C. The van der Waals surface area contributed by atoms with Crippen molar-refractivity contribution in [1.82, 2.24) is 34.7 Å². The van der Waals surface area contributed by atoms with Gasteiger partial charge in [-0.2, -0.15) is 9.97 Å². The van der Waals surface area contributed by atoms with Crippen molar-refractivity contribution in [3.05, 3.63) is 35.4 Å². The van der Waals surface area contributed by atoms with E-state index in [1.54, 1.807) is 0 Å². The van der Waals surface area contributed by atoms with Gasteiger partial charge in [-0.05, 0) is 18.8 Å². The largest absolute Gasteiger partial charge is 0.479 e. The van der Waals surface area contributed by atoms with E-state index in [1.165, 1.54) is 51.5 Å². The third kappa shape index (κ3) is 4.80. The molecule has 0 unspecified atom stereocenters. The summed E-state index contributed by atoms with van der Waals surface area (Å²) in [7, 11) is 0.154. The number of aromatic nitrogens is 7. The molecule has 1 aliphatic rings. The van der Waals surface area contributed by atoms with Gasteiger partial charge in [-0.3, -0.25) is 9.29 Å². The lowest BCUT2D eigenvalue weighted by Gasteiger charge is -2.22. The Morgan fingerprint density at radius 1 is 1.08 bits per heavy atom. The van der Waals surface area contributed by atoms with Crippen LogP contribution in [0.15, 0.2) is 18.7 Å². The van der Waals surface area contributed by atoms with Gasteiger partial charge in [0.2, 0.25) is 27.7 Å². The van der Waals surface area contributed by atoms with E-state index in [0.29, 0.717) is 10.8 Å². The van der Waals surface area contributed by atoms with Crippen LogP contribution < -0.4 is 14.2 Å². The van der Waals surface area contributed by atoms with Crippen LogP contribution in [0.4, 0.5) is 5.95 Å². The second-order valence-corrected chi connectivity index (χ2v) is 11.4. The number of nitrogens with one attached hydrogen (secondary N) is 1. The van der Waals surface area contributed by atoms with E-state index >= 15 is 0 Å². The number of hydrogen-bond donors (Lipinski definition) is 1. The lowest BCUT2D eigenvalue weighted by Crippen LogP contribution is -2.33. The Morgan fingerprint density at radius 3 is 2.17 bits per heavy atom. The van der Waals surface area contributed by atoms with Gasteiger partial charge in [-0.25, -0.2) is 18.4 Å². The maximum absolute atomic E-state index is 13.5. The zero-order chi connectivity index (χ0) is 26.3. The number of anilines is 1. The predicted octanol–water partition coefficient (Wildman–Crippen LogP) is 2.55. The molecule has 15 heteroatoms. The zero-order valence-electron chi connectivity index (χ0n) is 20.6. The lowest BCUT2D eigenvalue weighted by atomic mass is 10.1. The van der Waals surface area contributed by atoms with Crippen molar-refractivity contribution in [2.24, 2.45) is 5.41 Å². The van der Waals surface area contributed by atoms with Crippen LogP contribution in [0, 0.1) is 5.41 Å². The smallest absolute Gasteiger partial charge is 0.245 e. The summed E-state index contributed by atoms with van der Waals surface area (Å²) in [5.74, 6) is 0.975.